The molecule has 0 N–H and O–H groups in total. The molecule has 116 valence electrons. The Kier molecular flexibility index (Phi) is 3.22. The molecule has 0 radical (unpaired) electrons. The molecule has 24 heavy (non-hydrogen) atoms. The summed E-state index contributed by atoms with van der Waals surface area (Å²) in [7, 11) is 0. The van der Waals surface area contributed by atoms with E-state index in [-0.39, 0.29) is 5.41 Å². The zero-order chi connectivity index (χ0) is 16.7. The smallest absolute Gasteiger partial charge is 0.0618 e. The standard InChI is InChI=1S/C23H19N/c1-4-17-11-5-8-14-20(17)24-21-15-9-6-12-18(21)23(2,3)19-13-7-10-16-22(19)24/h1,5-16H,2-3H3. The van der Waals surface area contributed by atoms with Gasteiger partial charge in [-0.2, -0.15) is 0 Å². The van der Waals surface area contributed by atoms with Crippen LogP contribution in [0.2, 0.25) is 0 Å². The number of para-hydroxylation sites is 3. The molecule has 4 rings (SSSR count). The number of fused-ring (bicyclic) bond motifs is 2. The third-order valence-corrected chi connectivity index (χ3v) is 4.94. The van der Waals surface area contributed by atoms with Gasteiger partial charge < -0.3 is 4.90 Å². The Labute approximate surface area is 143 Å². The molecule has 3 aromatic carbocycles. The number of benzene rings is 3. The second-order valence-corrected chi connectivity index (χ2v) is 6.66. The maximum absolute atomic E-state index is 5.77. The highest BCUT2D eigenvalue weighted by atomic mass is 15.2. The van der Waals surface area contributed by atoms with Gasteiger partial charge in [-0.3, -0.25) is 0 Å². The van der Waals surface area contributed by atoms with Crippen molar-refractivity contribution >= 4 is 17.1 Å². The summed E-state index contributed by atoms with van der Waals surface area (Å²) in [6, 6.07) is 25.3. The molecule has 1 nitrogen and oxygen atoms in total. The Morgan fingerprint density at radius 1 is 0.708 bits per heavy atom. The average Bonchev–Trinajstić information content (AvgIpc) is 2.62. The maximum atomic E-state index is 5.77. The Bertz CT molecular complexity index is 910. The summed E-state index contributed by atoms with van der Waals surface area (Å²) < 4.78 is 0. The number of terminal acetylenes is 1. The van der Waals surface area contributed by atoms with Crippen LogP contribution >= 0.6 is 0 Å². The number of nitrogens with zero attached hydrogens (tertiary/aromatic N) is 1. The maximum Gasteiger partial charge on any atom is 0.0618 e. The number of anilines is 3. The minimum atomic E-state index is -0.0469. The van der Waals surface area contributed by atoms with Crippen LogP contribution in [0.4, 0.5) is 17.1 Å². The van der Waals surface area contributed by atoms with E-state index in [0.29, 0.717) is 0 Å². The van der Waals surface area contributed by atoms with Crippen molar-refractivity contribution in [1.29, 1.82) is 0 Å². The van der Waals surface area contributed by atoms with E-state index < -0.39 is 0 Å². The third kappa shape index (κ3) is 1.97. The third-order valence-electron chi connectivity index (χ3n) is 4.94. The summed E-state index contributed by atoms with van der Waals surface area (Å²) in [6.45, 7) is 4.57. The van der Waals surface area contributed by atoms with Crippen LogP contribution in [0.5, 0.6) is 0 Å². The zero-order valence-electron chi connectivity index (χ0n) is 14.0. The molecule has 0 saturated heterocycles. The molecule has 0 atom stereocenters. The number of rotatable bonds is 1. The van der Waals surface area contributed by atoms with Crippen molar-refractivity contribution < 1.29 is 0 Å². The Hall–Kier alpha value is -2.98. The molecule has 1 heterocycles. The molecule has 3 aromatic rings. The first kappa shape index (κ1) is 14.6. The summed E-state index contributed by atoms with van der Waals surface area (Å²) in [6.07, 6.45) is 5.77. The molecule has 0 fully saturated rings. The van der Waals surface area contributed by atoms with E-state index in [0.717, 1.165) is 11.3 Å². The molecule has 0 bridgehead atoms. The molecular weight excluding hydrogens is 290 g/mol. The van der Waals surface area contributed by atoms with Gasteiger partial charge in [-0.05, 0) is 35.4 Å². The fraction of sp³-hybridized carbons (Fsp3) is 0.130. The van der Waals surface area contributed by atoms with Crippen molar-refractivity contribution in [2.45, 2.75) is 19.3 Å². The van der Waals surface area contributed by atoms with Crippen molar-refractivity contribution in [3.05, 3.63) is 89.5 Å². The van der Waals surface area contributed by atoms with Gasteiger partial charge in [0.2, 0.25) is 0 Å². The largest absolute Gasteiger partial charge is 0.309 e. The monoisotopic (exact) mass is 309 g/mol. The van der Waals surface area contributed by atoms with Crippen molar-refractivity contribution in [3.8, 4) is 12.3 Å². The van der Waals surface area contributed by atoms with Gasteiger partial charge in [0.1, 0.15) is 0 Å². The van der Waals surface area contributed by atoms with Crippen LogP contribution < -0.4 is 4.90 Å². The topological polar surface area (TPSA) is 3.24 Å². The van der Waals surface area contributed by atoms with Gasteiger partial charge in [0, 0.05) is 11.0 Å². The second kappa shape index (κ2) is 5.28. The number of hydrogen-bond donors (Lipinski definition) is 0. The highest BCUT2D eigenvalue weighted by Gasteiger charge is 2.36. The van der Waals surface area contributed by atoms with Crippen LogP contribution in [0.3, 0.4) is 0 Å². The molecule has 1 aliphatic rings. The number of hydrogen-bond acceptors (Lipinski definition) is 1. The first-order valence-corrected chi connectivity index (χ1v) is 8.19. The van der Waals surface area contributed by atoms with Gasteiger partial charge in [-0.15, -0.1) is 6.42 Å². The summed E-state index contributed by atoms with van der Waals surface area (Å²) >= 11 is 0. The Balaban J connectivity index is 2.08. The lowest BCUT2D eigenvalue weighted by atomic mass is 9.73. The summed E-state index contributed by atoms with van der Waals surface area (Å²) in [5.41, 5.74) is 6.94. The summed E-state index contributed by atoms with van der Waals surface area (Å²) in [5.74, 6) is 2.83. The predicted octanol–water partition coefficient (Wildman–Crippen LogP) is 5.78. The van der Waals surface area contributed by atoms with Gasteiger partial charge in [0.05, 0.1) is 17.1 Å². The van der Waals surface area contributed by atoms with Crippen LogP contribution in [0, 0.1) is 12.3 Å². The highest BCUT2D eigenvalue weighted by molar-refractivity contribution is 5.87. The zero-order valence-corrected chi connectivity index (χ0v) is 14.0. The van der Waals surface area contributed by atoms with Crippen LogP contribution in [0.15, 0.2) is 72.8 Å². The van der Waals surface area contributed by atoms with E-state index >= 15 is 0 Å². The second-order valence-electron chi connectivity index (χ2n) is 6.66. The summed E-state index contributed by atoms with van der Waals surface area (Å²) in [4.78, 5) is 2.30. The SMILES string of the molecule is C#Cc1ccccc1N1c2ccccc2C(C)(C)c2ccccc21. The minimum absolute atomic E-state index is 0.0469. The van der Waals surface area contributed by atoms with Crippen molar-refractivity contribution in [1.82, 2.24) is 0 Å². The lowest BCUT2D eigenvalue weighted by Gasteiger charge is -2.42. The molecule has 1 heteroatoms. The molecular formula is C23H19N. The molecule has 0 aliphatic carbocycles. The fourth-order valence-electron chi connectivity index (χ4n) is 3.72. The minimum Gasteiger partial charge on any atom is -0.309 e. The van der Waals surface area contributed by atoms with Crippen LogP contribution in [-0.2, 0) is 5.41 Å². The van der Waals surface area contributed by atoms with Crippen LogP contribution in [0.25, 0.3) is 0 Å². The lowest BCUT2D eigenvalue weighted by molar-refractivity contribution is 0.632. The van der Waals surface area contributed by atoms with E-state index in [9.17, 15) is 0 Å². The fourth-order valence-corrected chi connectivity index (χ4v) is 3.72. The van der Waals surface area contributed by atoms with Crippen molar-refractivity contribution in [2.24, 2.45) is 0 Å². The van der Waals surface area contributed by atoms with Crippen molar-refractivity contribution in [3.63, 3.8) is 0 Å². The first-order chi connectivity index (χ1) is 11.6. The van der Waals surface area contributed by atoms with Crippen LogP contribution in [0.1, 0.15) is 30.5 Å². The van der Waals surface area contributed by atoms with E-state index in [2.05, 4.69) is 79.3 Å². The molecule has 0 aromatic heterocycles. The lowest BCUT2D eigenvalue weighted by Crippen LogP contribution is -2.30. The van der Waals surface area contributed by atoms with Gasteiger partial charge in [0.15, 0.2) is 0 Å². The summed E-state index contributed by atoms with van der Waals surface area (Å²) in [5, 5.41) is 0. The normalized spacial score (nSPS) is 14.5. The molecule has 0 unspecified atom stereocenters. The van der Waals surface area contributed by atoms with E-state index in [1.807, 2.05) is 18.2 Å². The highest BCUT2D eigenvalue weighted by Crippen LogP contribution is 2.51. The molecule has 0 saturated carbocycles. The average molecular weight is 309 g/mol. The molecule has 0 spiro atoms. The van der Waals surface area contributed by atoms with Gasteiger partial charge in [-0.1, -0.05) is 68.3 Å². The van der Waals surface area contributed by atoms with Gasteiger partial charge >= 0.3 is 0 Å². The van der Waals surface area contributed by atoms with Gasteiger partial charge in [-0.25, -0.2) is 0 Å². The Morgan fingerprint density at radius 2 is 1.17 bits per heavy atom. The van der Waals surface area contributed by atoms with E-state index in [1.54, 1.807) is 0 Å². The van der Waals surface area contributed by atoms with E-state index in [4.69, 9.17) is 6.42 Å². The van der Waals surface area contributed by atoms with Crippen LogP contribution in [-0.4, -0.2) is 0 Å². The Morgan fingerprint density at radius 3 is 1.71 bits per heavy atom. The predicted molar refractivity (Wildman–Crippen MR) is 101 cm³/mol. The van der Waals surface area contributed by atoms with Crippen molar-refractivity contribution in [2.75, 3.05) is 4.90 Å². The van der Waals surface area contributed by atoms with Gasteiger partial charge in [0.25, 0.3) is 0 Å². The molecule has 0 amide bonds. The first-order valence-electron chi connectivity index (χ1n) is 8.19. The molecule has 1 aliphatic heterocycles. The van der Waals surface area contributed by atoms with E-state index in [1.165, 1.54) is 22.5 Å². The quantitative estimate of drug-likeness (QED) is 0.515.